The van der Waals surface area contributed by atoms with Gasteiger partial charge in [0.15, 0.2) is 5.78 Å². The van der Waals surface area contributed by atoms with Crippen LogP contribution in [0.1, 0.15) is 34.2 Å². The van der Waals surface area contributed by atoms with Crippen molar-refractivity contribution in [3.05, 3.63) is 35.4 Å². The molecule has 0 spiro atoms. The highest BCUT2D eigenvalue weighted by atomic mass is 16.3. The average Bonchev–Trinajstić information content (AvgIpc) is 3.21. The van der Waals surface area contributed by atoms with Crippen molar-refractivity contribution in [1.29, 1.82) is 0 Å². The number of rotatable bonds is 4. The van der Waals surface area contributed by atoms with E-state index < -0.39 is 0 Å². The maximum absolute atomic E-state index is 12.7. The molecule has 1 aliphatic carbocycles. The molecular weight excluding hydrogens is 334 g/mol. The van der Waals surface area contributed by atoms with Gasteiger partial charge in [0.05, 0.1) is 17.5 Å². The molecule has 0 bridgehead atoms. The van der Waals surface area contributed by atoms with Gasteiger partial charge in [0.2, 0.25) is 12.4 Å². The number of anilines is 2. The van der Waals surface area contributed by atoms with Crippen LogP contribution in [0.2, 0.25) is 0 Å². The van der Waals surface area contributed by atoms with Crippen molar-refractivity contribution in [2.45, 2.75) is 18.8 Å². The van der Waals surface area contributed by atoms with Gasteiger partial charge >= 0.3 is 0 Å². The third-order valence-electron chi connectivity index (χ3n) is 5.05. The van der Waals surface area contributed by atoms with Crippen molar-refractivity contribution in [2.75, 3.05) is 43.4 Å². The molecule has 8 nitrogen and oxygen atoms in total. The lowest BCUT2D eigenvalue weighted by atomic mass is 9.84. The van der Waals surface area contributed by atoms with Crippen LogP contribution in [-0.2, 0) is 11.2 Å². The van der Waals surface area contributed by atoms with E-state index in [1.54, 1.807) is 18.2 Å². The number of nitrogens with one attached hydrogen (secondary N) is 1. The summed E-state index contributed by atoms with van der Waals surface area (Å²) in [5, 5.41) is 3.05. The summed E-state index contributed by atoms with van der Waals surface area (Å²) in [6.45, 7) is 2.64. The molecule has 1 atom stereocenters. The van der Waals surface area contributed by atoms with E-state index in [2.05, 4.69) is 15.2 Å². The topological polar surface area (TPSA) is 91.6 Å². The molecule has 0 radical (unpaired) electrons. The fraction of sp³-hybridized carbons (Fsp3) is 0.444. The zero-order chi connectivity index (χ0) is 18.1. The maximum Gasteiger partial charge on any atom is 0.227 e. The van der Waals surface area contributed by atoms with Crippen LogP contribution in [-0.4, -0.2) is 60.3 Å². The standard InChI is InChI=1S/C18H21N5O3/c1-19-17-16-13(9-12(10-14(16)25)15-3-2-8-26-15)20-18(21-17)23-6-4-22(11-24)5-7-23/h2-3,8,11-12H,4-7,9-10H2,1H3,(H,19,20,21)/t12-/m0/s1. The van der Waals surface area contributed by atoms with E-state index in [0.717, 1.165) is 17.9 Å². The third kappa shape index (κ3) is 2.91. The first kappa shape index (κ1) is 16.6. The number of ketones is 1. The number of hydrogen-bond donors (Lipinski definition) is 1. The first-order valence-corrected chi connectivity index (χ1v) is 8.79. The molecule has 2 aromatic rings. The fourth-order valence-corrected chi connectivity index (χ4v) is 3.64. The highest BCUT2D eigenvalue weighted by molar-refractivity contribution is 6.03. The van der Waals surface area contributed by atoms with Crippen LogP contribution in [0.3, 0.4) is 0 Å². The first-order chi connectivity index (χ1) is 12.7. The first-order valence-electron chi connectivity index (χ1n) is 8.79. The Morgan fingerprint density at radius 2 is 2.04 bits per heavy atom. The zero-order valence-corrected chi connectivity index (χ0v) is 14.6. The molecule has 1 aliphatic heterocycles. The number of furan rings is 1. The number of carbonyl (C=O) groups is 2. The van der Waals surface area contributed by atoms with Gasteiger partial charge in [-0.2, -0.15) is 4.98 Å². The smallest absolute Gasteiger partial charge is 0.227 e. The quantitative estimate of drug-likeness (QED) is 0.827. The molecule has 2 aromatic heterocycles. The maximum atomic E-state index is 12.7. The van der Waals surface area contributed by atoms with Gasteiger partial charge in [-0.25, -0.2) is 4.98 Å². The molecular formula is C18H21N5O3. The van der Waals surface area contributed by atoms with E-state index >= 15 is 0 Å². The minimum atomic E-state index is 0.00404. The molecule has 1 fully saturated rings. The van der Waals surface area contributed by atoms with Crippen molar-refractivity contribution in [3.63, 3.8) is 0 Å². The number of amides is 1. The fourth-order valence-electron chi connectivity index (χ4n) is 3.64. The highest BCUT2D eigenvalue weighted by Gasteiger charge is 2.33. The predicted molar refractivity (Wildman–Crippen MR) is 95.5 cm³/mol. The van der Waals surface area contributed by atoms with Gasteiger partial charge in [-0.3, -0.25) is 9.59 Å². The average molecular weight is 355 g/mol. The van der Waals surface area contributed by atoms with Crippen LogP contribution in [0.4, 0.5) is 11.8 Å². The van der Waals surface area contributed by atoms with Gasteiger partial charge in [-0.15, -0.1) is 0 Å². The van der Waals surface area contributed by atoms with Crippen molar-refractivity contribution in [3.8, 4) is 0 Å². The summed E-state index contributed by atoms with van der Waals surface area (Å²) in [4.78, 5) is 36.7. The van der Waals surface area contributed by atoms with Crippen molar-refractivity contribution in [2.24, 2.45) is 0 Å². The summed E-state index contributed by atoms with van der Waals surface area (Å²) >= 11 is 0. The third-order valence-corrected chi connectivity index (χ3v) is 5.05. The van der Waals surface area contributed by atoms with Gasteiger partial charge in [0.25, 0.3) is 0 Å². The molecule has 1 N–H and O–H groups in total. The number of Topliss-reactive ketones (excluding diaryl/α,β-unsaturated/α-hetero) is 1. The number of hydrogen-bond acceptors (Lipinski definition) is 7. The Morgan fingerprint density at radius 1 is 1.23 bits per heavy atom. The number of fused-ring (bicyclic) bond motifs is 1. The number of carbonyl (C=O) groups excluding carboxylic acids is 2. The Hall–Kier alpha value is -2.90. The molecule has 0 unspecified atom stereocenters. The van der Waals surface area contributed by atoms with E-state index in [1.165, 1.54) is 0 Å². The number of piperazine rings is 1. The van der Waals surface area contributed by atoms with E-state index in [0.29, 0.717) is 56.4 Å². The Labute approximate surface area is 151 Å². The van der Waals surface area contributed by atoms with E-state index in [1.807, 2.05) is 12.1 Å². The predicted octanol–water partition coefficient (Wildman–Crippen LogP) is 1.30. The SMILES string of the molecule is CNc1nc(N2CCN(C=O)CC2)nc2c1C(=O)C[C@@H](c1ccco1)C2. The minimum Gasteiger partial charge on any atom is -0.469 e. The summed E-state index contributed by atoms with van der Waals surface area (Å²) in [6, 6.07) is 3.74. The van der Waals surface area contributed by atoms with Crippen LogP contribution in [0.15, 0.2) is 22.8 Å². The van der Waals surface area contributed by atoms with Gasteiger partial charge < -0.3 is 19.5 Å². The van der Waals surface area contributed by atoms with E-state index in [-0.39, 0.29) is 11.7 Å². The molecule has 1 amide bonds. The molecule has 0 saturated carbocycles. The highest BCUT2D eigenvalue weighted by Crippen LogP contribution is 2.35. The summed E-state index contributed by atoms with van der Waals surface area (Å²) in [7, 11) is 1.77. The Morgan fingerprint density at radius 3 is 2.69 bits per heavy atom. The molecule has 0 aromatic carbocycles. The van der Waals surface area contributed by atoms with Crippen LogP contribution in [0, 0.1) is 0 Å². The summed E-state index contributed by atoms with van der Waals surface area (Å²) < 4.78 is 5.50. The van der Waals surface area contributed by atoms with E-state index in [9.17, 15) is 9.59 Å². The lowest BCUT2D eigenvalue weighted by molar-refractivity contribution is -0.118. The summed E-state index contributed by atoms with van der Waals surface area (Å²) in [6.07, 6.45) is 3.55. The van der Waals surface area contributed by atoms with Gasteiger partial charge in [0.1, 0.15) is 11.6 Å². The Balaban J connectivity index is 1.66. The lowest BCUT2D eigenvalue weighted by Gasteiger charge is -2.33. The van der Waals surface area contributed by atoms with Gasteiger partial charge in [-0.05, 0) is 12.1 Å². The molecule has 136 valence electrons. The second-order valence-corrected chi connectivity index (χ2v) is 6.62. The van der Waals surface area contributed by atoms with Crippen LogP contribution >= 0.6 is 0 Å². The van der Waals surface area contributed by atoms with Crippen LogP contribution in [0.5, 0.6) is 0 Å². The molecule has 4 rings (SSSR count). The minimum absolute atomic E-state index is 0.00404. The number of nitrogens with zero attached hydrogens (tertiary/aromatic N) is 4. The van der Waals surface area contributed by atoms with Crippen molar-refractivity contribution >= 4 is 24.0 Å². The van der Waals surface area contributed by atoms with Crippen molar-refractivity contribution in [1.82, 2.24) is 14.9 Å². The summed E-state index contributed by atoms with van der Waals surface area (Å²) in [5.41, 5.74) is 1.35. The molecule has 1 saturated heterocycles. The molecule has 8 heteroatoms. The summed E-state index contributed by atoms with van der Waals surface area (Å²) in [5.74, 6) is 2.03. The zero-order valence-electron chi connectivity index (χ0n) is 14.6. The lowest BCUT2D eigenvalue weighted by Crippen LogP contribution is -2.46. The second-order valence-electron chi connectivity index (χ2n) is 6.62. The largest absolute Gasteiger partial charge is 0.469 e. The second kappa shape index (κ2) is 6.78. The van der Waals surface area contributed by atoms with E-state index in [4.69, 9.17) is 9.40 Å². The molecule has 2 aliphatic rings. The van der Waals surface area contributed by atoms with Gasteiger partial charge in [-0.1, -0.05) is 0 Å². The molecule has 3 heterocycles. The molecule has 26 heavy (non-hydrogen) atoms. The Kier molecular flexibility index (Phi) is 4.32. The normalized spacial score (nSPS) is 20.0. The van der Waals surface area contributed by atoms with Crippen LogP contribution in [0.25, 0.3) is 0 Å². The number of aromatic nitrogens is 2. The van der Waals surface area contributed by atoms with Crippen LogP contribution < -0.4 is 10.2 Å². The monoisotopic (exact) mass is 355 g/mol. The Bertz CT molecular complexity index is 812. The van der Waals surface area contributed by atoms with Crippen molar-refractivity contribution < 1.29 is 14.0 Å². The van der Waals surface area contributed by atoms with Gasteiger partial charge in [0, 0.05) is 52.0 Å².